The van der Waals surface area contributed by atoms with Gasteiger partial charge < -0.3 is 4.57 Å². The highest BCUT2D eigenvalue weighted by molar-refractivity contribution is 6.05. The summed E-state index contributed by atoms with van der Waals surface area (Å²) >= 11 is 0. The molecule has 0 radical (unpaired) electrons. The monoisotopic (exact) mass is 387 g/mol. The van der Waals surface area contributed by atoms with E-state index in [2.05, 4.69) is 113 Å². The first-order valence-corrected chi connectivity index (χ1v) is 10.3. The molecule has 6 aromatic rings. The van der Waals surface area contributed by atoms with E-state index in [0.717, 1.165) is 23.4 Å². The number of rotatable bonds is 3. The Balaban J connectivity index is 1.65. The molecule has 0 unspecified atom stereocenters. The van der Waals surface area contributed by atoms with Crippen LogP contribution in [0, 0.1) is 6.92 Å². The zero-order chi connectivity index (χ0) is 20.1. The quantitative estimate of drug-likeness (QED) is 0.341. The summed E-state index contributed by atoms with van der Waals surface area (Å²) < 4.78 is 4.56. The molecule has 0 saturated heterocycles. The SMILES string of the molecule is Cc1ccc(-c2cn3c4ccc5ccccc5c4nc3n2Cc2ccccc2)cc1. The predicted molar refractivity (Wildman–Crippen MR) is 124 cm³/mol. The molecule has 0 N–H and O–H groups in total. The lowest BCUT2D eigenvalue weighted by Gasteiger charge is -2.09. The van der Waals surface area contributed by atoms with Gasteiger partial charge in [0, 0.05) is 11.6 Å². The predicted octanol–water partition coefficient (Wildman–Crippen LogP) is 6.47. The molecule has 2 aromatic heterocycles. The lowest BCUT2D eigenvalue weighted by atomic mass is 10.1. The van der Waals surface area contributed by atoms with Crippen molar-refractivity contribution in [3.05, 3.63) is 108 Å². The van der Waals surface area contributed by atoms with Gasteiger partial charge in [-0.2, -0.15) is 0 Å². The van der Waals surface area contributed by atoms with E-state index >= 15 is 0 Å². The Hall–Kier alpha value is -3.85. The van der Waals surface area contributed by atoms with Crippen molar-refractivity contribution in [1.82, 2.24) is 14.0 Å². The fourth-order valence-corrected chi connectivity index (χ4v) is 4.31. The smallest absolute Gasteiger partial charge is 0.215 e. The zero-order valence-corrected chi connectivity index (χ0v) is 16.8. The van der Waals surface area contributed by atoms with Gasteiger partial charge in [-0.25, -0.2) is 4.98 Å². The van der Waals surface area contributed by atoms with Crippen LogP contribution in [0.3, 0.4) is 0 Å². The van der Waals surface area contributed by atoms with Gasteiger partial charge in [0.15, 0.2) is 0 Å². The number of benzene rings is 4. The van der Waals surface area contributed by atoms with Crippen molar-refractivity contribution in [3.63, 3.8) is 0 Å². The van der Waals surface area contributed by atoms with Gasteiger partial charge in [0.05, 0.1) is 23.3 Å². The van der Waals surface area contributed by atoms with Crippen molar-refractivity contribution in [1.29, 1.82) is 0 Å². The molecule has 144 valence electrons. The summed E-state index contributed by atoms with van der Waals surface area (Å²) in [6, 6.07) is 32.2. The molecule has 0 saturated carbocycles. The number of aromatic nitrogens is 3. The van der Waals surface area contributed by atoms with Crippen molar-refractivity contribution in [2.75, 3.05) is 0 Å². The summed E-state index contributed by atoms with van der Waals surface area (Å²) in [5, 5.41) is 2.42. The third kappa shape index (κ3) is 2.63. The Kier molecular flexibility index (Phi) is 3.75. The second-order valence-electron chi connectivity index (χ2n) is 7.89. The number of imidazole rings is 2. The topological polar surface area (TPSA) is 22.2 Å². The highest BCUT2D eigenvalue weighted by Gasteiger charge is 2.17. The fourth-order valence-electron chi connectivity index (χ4n) is 4.31. The average Bonchev–Trinajstić information content (AvgIpc) is 3.32. The number of hydrogen-bond acceptors (Lipinski definition) is 1. The van der Waals surface area contributed by atoms with Gasteiger partial charge in [-0.15, -0.1) is 0 Å². The minimum Gasteiger partial charge on any atom is -0.305 e. The molecule has 3 nitrogen and oxygen atoms in total. The molecule has 4 aromatic carbocycles. The largest absolute Gasteiger partial charge is 0.305 e. The lowest BCUT2D eigenvalue weighted by molar-refractivity contribution is 0.827. The van der Waals surface area contributed by atoms with Crippen LogP contribution < -0.4 is 0 Å². The van der Waals surface area contributed by atoms with Gasteiger partial charge in [-0.05, 0) is 29.5 Å². The summed E-state index contributed by atoms with van der Waals surface area (Å²) in [5.74, 6) is 0.973. The van der Waals surface area contributed by atoms with Crippen molar-refractivity contribution >= 4 is 27.6 Å². The number of hydrogen-bond donors (Lipinski definition) is 0. The van der Waals surface area contributed by atoms with Gasteiger partial charge in [-0.1, -0.05) is 90.5 Å². The summed E-state index contributed by atoms with van der Waals surface area (Å²) in [7, 11) is 0. The third-order valence-electron chi connectivity index (χ3n) is 5.88. The number of nitrogens with zero attached hydrogens (tertiary/aromatic N) is 3. The Morgan fingerprint density at radius 1 is 0.767 bits per heavy atom. The molecular weight excluding hydrogens is 366 g/mol. The Morgan fingerprint density at radius 3 is 2.37 bits per heavy atom. The molecule has 30 heavy (non-hydrogen) atoms. The van der Waals surface area contributed by atoms with Crippen molar-refractivity contribution in [2.24, 2.45) is 0 Å². The standard InChI is InChI=1S/C27H21N3/c1-19-11-13-22(14-12-19)25-18-30-24-16-15-21-9-5-6-10-23(21)26(24)28-27(30)29(25)17-20-7-3-2-4-8-20/h2-16,18H,17H2,1H3. The van der Waals surface area contributed by atoms with Crippen molar-refractivity contribution < 1.29 is 0 Å². The van der Waals surface area contributed by atoms with E-state index in [1.165, 1.54) is 33.2 Å². The van der Waals surface area contributed by atoms with Crippen LogP contribution in [0.1, 0.15) is 11.1 Å². The summed E-state index contributed by atoms with van der Waals surface area (Å²) in [6.45, 7) is 2.90. The van der Waals surface area contributed by atoms with E-state index in [9.17, 15) is 0 Å². The van der Waals surface area contributed by atoms with Crippen LogP contribution in [0.5, 0.6) is 0 Å². The van der Waals surface area contributed by atoms with Gasteiger partial charge in [-0.3, -0.25) is 4.40 Å². The number of fused-ring (bicyclic) bond motifs is 5. The lowest BCUT2D eigenvalue weighted by Crippen LogP contribution is -2.02. The first-order valence-electron chi connectivity index (χ1n) is 10.3. The third-order valence-corrected chi connectivity index (χ3v) is 5.88. The average molecular weight is 387 g/mol. The number of aryl methyl sites for hydroxylation is 1. The molecule has 0 aliphatic rings. The van der Waals surface area contributed by atoms with Crippen LogP contribution in [0.15, 0.2) is 97.2 Å². The summed E-state index contributed by atoms with van der Waals surface area (Å²) in [6.07, 6.45) is 2.23. The van der Waals surface area contributed by atoms with Gasteiger partial charge in [0.2, 0.25) is 5.78 Å². The second-order valence-corrected chi connectivity index (χ2v) is 7.89. The molecule has 0 spiro atoms. The van der Waals surface area contributed by atoms with Crippen molar-refractivity contribution in [3.8, 4) is 11.3 Å². The van der Waals surface area contributed by atoms with Gasteiger partial charge >= 0.3 is 0 Å². The van der Waals surface area contributed by atoms with Crippen LogP contribution >= 0.6 is 0 Å². The van der Waals surface area contributed by atoms with E-state index in [0.29, 0.717) is 0 Å². The van der Waals surface area contributed by atoms with E-state index in [-0.39, 0.29) is 0 Å². The highest BCUT2D eigenvalue weighted by atomic mass is 15.2. The summed E-state index contributed by atoms with van der Waals surface area (Å²) in [4.78, 5) is 5.13. The van der Waals surface area contributed by atoms with E-state index in [1.807, 2.05) is 0 Å². The molecule has 0 fully saturated rings. The molecule has 0 atom stereocenters. The van der Waals surface area contributed by atoms with E-state index in [4.69, 9.17) is 4.98 Å². The minimum absolute atomic E-state index is 0.780. The van der Waals surface area contributed by atoms with Crippen LogP contribution in [0.2, 0.25) is 0 Å². The highest BCUT2D eigenvalue weighted by Crippen LogP contribution is 2.31. The van der Waals surface area contributed by atoms with E-state index in [1.54, 1.807) is 0 Å². The van der Waals surface area contributed by atoms with Crippen LogP contribution in [-0.2, 0) is 6.54 Å². The first kappa shape index (κ1) is 17.0. The van der Waals surface area contributed by atoms with Gasteiger partial charge in [0.1, 0.15) is 0 Å². The maximum Gasteiger partial charge on any atom is 0.215 e. The Morgan fingerprint density at radius 2 is 1.53 bits per heavy atom. The maximum absolute atomic E-state index is 5.13. The molecule has 2 heterocycles. The first-order chi connectivity index (χ1) is 14.8. The molecule has 0 aliphatic carbocycles. The zero-order valence-electron chi connectivity index (χ0n) is 16.8. The van der Waals surface area contributed by atoms with Crippen LogP contribution in [0.25, 0.3) is 38.8 Å². The normalized spacial score (nSPS) is 11.6. The Bertz CT molecular complexity index is 1500. The molecule has 3 heteroatoms. The Labute approximate surface area is 174 Å². The van der Waals surface area contributed by atoms with Crippen LogP contribution in [0.4, 0.5) is 0 Å². The molecule has 0 bridgehead atoms. The molecular formula is C27H21N3. The van der Waals surface area contributed by atoms with Crippen molar-refractivity contribution in [2.45, 2.75) is 13.5 Å². The molecule has 0 aliphatic heterocycles. The second kappa shape index (κ2) is 6.60. The fraction of sp³-hybridized carbons (Fsp3) is 0.0741. The molecule has 6 rings (SSSR count). The van der Waals surface area contributed by atoms with Gasteiger partial charge in [0.25, 0.3) is 0 Å². The minimum atomic E-state index is 0.780. The summed E-state index contributed by atoms with van der Waals surface area (Å²) in [5.41, 5.74) is 7.11. The maximum atomic E-state index is 5.13. The molecule has 0 amide bonds. The van der Waals surface area contributed by atoms with E-state index < -0.39 is 0 Å². The van der Waals surface area contributed by atoms with Crippen LogP contribution in [-0.4, -0.2) is 14.0 Å².